The number of benzene rings is 2. The minimum Gasteiger partial charge on any atom is -0.493 e. The third kappa shape index (κ3) is 5.35. The Morgan fingerprint density at radius 1 is 1.06 bits per heavy atom. The van der Waals surface area contributed by atoms with Crippen molar-refractivity contribution in [1.82, 2.24) is 4.90 Å². The van der Waals surface area contributed by atoms with Gasteiger partial charge in [-0.3, -0.25) is 9.59 Å². The predicted octanol–water partition coefficient (Wildman–Crippen LogP) is 1.36. The van der Waals surface area contributed by atoms with Gasteiger partial charge in [0.25, 0.3) is 5.91 Å². The van der Waals surface area contributed by atoms with Crippen LogP contribution in [0.5, 0.6) is 11.5 Å². The van der Waals surface area contributed by atoms with E-state index in [1.165, 1.54) is 20.9 Å². The molecule has 0 aliphatic carbocycles. The fourth-order valence-corrected chi connectivity index (χ4v) is 4.02. The minimum atomic E-state index is -0.191. The Kier molecular flexibility index (Phi) is 7.17. The van der Waals surface area contributed by atoms with E-state index in [2.05, 4.69) is 5.32 Å². The lowest BCUT2D eigenvalue weighted by atomic mass is 9.99. The Balaban J connectivity index is 1.57. The van der Waals surface area contributed by atoms with Gasteiger partial charge in [-0.1, -0.05) is 18.2 Å². The highest BCUT2D eigenvalue weighted by atomic mass is 16.5. The van der Waals surface area contributed by atoms with Gasteiger partial charge in [0.05, 0.1) is 27.3 Å². The van der Waals surface area contributed by atoms with Crippen molar-refractivity contribution < 1.29 is 24.0 Å². The first-order chi connectivity index (χ1) is 14.8. The van der Waals surface area contributed by atoms with Crippen LogP contribution in [0.2, 0.25) is 0 Å². The van der Waals surface area contributed by atoms with Gasteiger partial charge in [-0.05, 0) is 42.7 Å². The molecule has 7 nitrogen and oxygen atoms in total. The molecule has 1 atom stereocenters. The van der Waals surface area contributed by atoms with Gasteiger partial charge in [0.2, 0.25) is 5.91 Å². The number of ether oxygens (including phenoxy) is 2. The molecule has 3 rings (SSSR count). The predicted molar refractivity (Wildman–Crippen MR) is 120 cm³/mol. The maximum Gasteiger partial charge on any atom is 0.277 e. The lowest BCUT2D eigenvalue weighted by Gasteiger charge is -2.28. The first-order valence-corrected chi connectivity index (χ1v) is 10.5. The van der Waals surface area contributed by atoms with Crippen LogP contribution in [0.3, 0.4) is 0 Å². The second kappa shape index (κ2) is 9.83. The van der Waals surface area contributed by atoms with E-state index in [9.17, 15) is 9.59 Å². The molecular weight excluding hydrogens is 394 g/mol. The van der Waals surface area contributed by atoms with Crippen LogP contribution in [0.4, 0.5) is 5.69 Å². The molecule has 2 N–H and O–H groups in total. The summed E-state index contributed by atoms with van der Waals surface area (Å²) in [6.07, 6.45) is 0.870. The number of hydrogen-bond donors (Lipinski definition) is 2. The number of quaternary nitrogens is 1. The van der Waals surface area contributed by atoms with Crippen LogP contribution in [0.15, 0.2) is 30.3 Å². The van der Waals surface area contributed by atoms with Crippen LogP contribution in [0, 0.1) is 13.8 Å². The molecule has 2 aromatic carbocycles. The zero-order valence-electron chi connectivity index (χ0n) is 19.0. The minimum absolute atomic E-state index is 0.0293. The number of hydrogen-bond acceptors (Lipinski definition) is 4. The maximum atomic E-state index is 12.7. The number of carbonyl (C=O) groups excluding carboxylic acids is 2. The number of methoxy groups -OCH3 is 2. The van der Waals surface area contributed by atoms with E-state index < -0.39 is 0 Å². The average molecular weight is 427 g/mol. The molecule has 0 saturated heterocycles. The van der Waals surface area contributed by atoms with Gasteiger partial charge >= 0.3 is 0 Å². The molecule has 0 spiro atoms. The molecule has 31 heavy (non-hydrogen) atoms. The van der Waals surface area contributed by atoms with Crippen molar-refractivity contribution in [2.75, 3.05) is 46.2 Å². The highest BCUT2D eigenvalue weighted by Crippen LogP contribution is 2.31. The van der Waals surface area contributed by atoms with Gasteiger partial charge < -0.3 is 24.6 Å². The van der Waals surface area contributed by atoms with Gasteiger partial charge in [0, 0.05) is 24.7 Å². The number of nitrogens with zero attached hydrogens (tertiary/aromatic N) is 1. The molecule has 0 aromatic heterocycles. The van der Waals surface area contributed by atoms with Gasteiger partial charge in [-0.15, -0.1) is 0 Å². The summed E-state index contributed by atoms with van der Waals surface area (Å²) in [5.74, 6) is 1.20. The van der Waals surface area contributed by atoms with Crippen molar-refractivity contribution in [2.24, 2.45) is 0 Å². The van der Waals surface area contributed by atoms with Gasteiger partial charge in [-0.2, -0.15) is 0 Å². The Morgan fingerprint density at radius 3 is 2.29 bits per heavy atom. The van der Waals surface area contributed by atoms with Crippen LogP contribution < -0.4 is 19.7 Å². The Labute approximate surface area is 183 Å². The highest BCUT2D eigenvalue weighted by Gasteiger charge is 2.25. The number of fused-ring (bicyclic) bond motifs is 1. The third-order valence-corrected chi connectivity index (χ3v) is 5.85. The number of para-hydroxylation sites is 1. The zero-order valence-corrected chi connectivity index (χ0v) is 19.0. The van der Waals surface area contributed by atoms with Gasteiger partial charge in [0.15, 0.2) is 18.0 Å². The second-order valence-corrected chi connectivity index (χ2v) is 8.14. The molecule has 0 fully saturated rings. The van der Waals surface area contributed by atoms with E-state index in [0.717, 1.165) is 42.1 Å². The van der Waals surface area contributed by atoms with Crippen LogP contribution in [0.1, 0.15) is 22.3 Å². The fourth-order valence-electron chi connectivity index (χ4n) is 4.02. The normalized spacial score (nSPS) is 15.1. The lowest BCUT2D eigenvalue weighted by molar-refractivity contribution is -0.908. The van der Waals surface area contributed by atoms with E-state index in [1.54, 1.807) is 21.3 Å². The molecule has 0 bridgehead atoms. The maximum absolute atomic E-state index is 12.7. The molecule has 1 unspecified atom stereocenters. The quantitative estimate of drug-likeness (QED) is 0.701. The van der Waals surface area contributed by atoms with E-state index >= 15 is 0 Å². The zero-order chi connectivity index (χ0) is 22.5. The SMILES string of the molecule is COc1cc2c(cc1OC)C[NH+](CC(=O)N(C)CC(=O)Nc1c(C)cccc1C)CC2. The summed E-state index contributed by atoms with van der Waals surface area (Å²) in [4.78, 5) is 27.9. The summed E-state index contributed by atoms with van der Waals surface area (Å²) in [5, 5.41) is 2.94. The summed E-state index contributed by atoms with van der Waals surface area (Å²) in [6.45, 7) is 5.89. The summed E-state index contributed by atoms with van der Waals surface area (Å²) in [5.41, 5.74) is 5.23. The molecule has 1 aliphatic heterocycles. The van der Waals surface area contributed by atoms with Crippen LogP contribution in [0.25, 0.3) is 0 Å². The lowest BCUT2D eigenvalue weighted by Crippen LogP contribution is -3.12. The number of anilines is 1. The summed E-state index contributed by atoms with van der Waals surface area (Å²) in [7, 11) is 4.94. The first-order valence-electron chi connectivity index (χ1n) is 10.5. The molecule has 0 saturated carbocycles. The Morgan fingerprint density at radius 2 is 1.68 bits per heavy atom. The molecule has 2 aromatic rings. The Bertz CT molecular complexity index is 953. The number of nitrogens with one attached hydrogen (secondary N) is 2. The molecule has 7 heteroatoms. The molecule has 1 aliphatic rings. The van der Waals surface area contributed by atoms with Crippen LogP contribution in [-0.4, -0.2) is 57.6 Å². The Hall–Kier alpha value is -3.06. The van der Waals surface area contributed by atoms with Gasteiger partial charge in [-0.25, -0.2) is 0 Å². The topological polar surface area (TPSA) is 72.3 Å². The number of likely N-dealkylation sites (N-methyl/N-ethyl adjacent to an activating group) is 1. The summed E-state index contributed by atoms with van der Waals surface area (Å²) in [6, 6.07) is 9.90. The number of rotatable bonds is 7. The first kappa shape index (κ1) is 22.6. The van der Waals surface area contributed by atoms with E-state index in [-0.39, 0.29) is 18.4 Å². The van der Waals surface area contributed by atoms with Crippen molar-refractivity contribution >= 4 is 17.5 Å². The standard InChI is InChI=1S/C24H31N3O4/c1-16-7-6-8-17(2)24(16)25-22(28)14-26(3)23(29)15-27-10-9-18-11-20(30-4)21(31-5)12-19(18)13-27/h6-8,11-12H,9-10,13-15H2,1-5H3,(H,25,28)/p+1. The van der Waals surface area contributed by atoms with Crippen molar-refractivity contribution in [1.29, 1.82) is 0 Å². The van der Waals surface area contributed by atoms with Crippen LogP contribution in [-0.2, 0) is 22.6 Å². The van der Waals surface area contributed by atoms with Crippen molar-refractivity contribution in [2.45, 2.75) is 26.8 Å². The van der Waals surface area contributed by atoms with Crippen molar-refractivity contribution in [3.63, 3.8) is 0 Å². The summed E-state index contributed by atoms with van der Waals surface area (Å²) < 4.78 is 10.8. The second-order valence-electron chi connectivity index (χ2n) is 8.14. The smallest absolute Gasteiger partial charge is 0.277 e. The average Bonchev–Trinajstić information content (AvgIpc) is 2.75. The van der Waals surface area contributed by atoms with E-state index in [4.69, 9.17) is 9.47 Å². The molecule has 0 radical (unpaired) electrons. The number of amides is 2. The van der Waals surface area contributed by atoms with Gasteiger partial charge in [0.1, 0.15) is 6.54 Å². The number of aryl methyl sites for hydroxylation is 2. The van der Waals surface area contributed by atoms with E-state index in [0.29, 0.717) is 12.3 Å². The molecule has 166 valence electrons. The molecule has 1 heterocycles. The third-order valence-electron chi connectivity index (χ3n) is 5.85. The van der Waals surface area contributed by atoms with Crippen LogP contribution >= 0.6 is 0 Å². The largest absolute Gasteiger partial charge is 0.493 e. The monoisotopic (exact) mass is 426 g/mol. The number of carbonyl (C=O) groups is 2. The molecular formula is C24H32N3O4+. The van der Waals surface area contributed by atoms with E-state index in [1.807, 2.05) is 44.2 Å². The van der Waals surface area contributed by atoms with Crippen molar-refractivity contribution in [3.8, 4) is 11.5 Å². The highest BCUT2D eigenvalue weighted by molar-refractivity contribution is 5.95. The molecule has 2 amide bonds. The summed E-state index contributed by atoms with van der Waals surface area (Å²) >= 11 is 0. The fraction of sp³-hybridized carbons (Fsp3) is 0.417. The van der Waals surface area contributed by atoms with Crippen molar-refractivity contribution in [3.05, 3.63) is 52.6 Å².